The van der Waals surface area contributed by atoms with E-state index < -0.39 is 0 Å². The molecule has 1 aliphatic carbocycles. The van der Waals surface area contributed by atoms with Crippen LogP contribution >= 0.6 is 0 Å². The predicted molar refractivity (Wildman–Crippen MR) is 198 cm³/mol. The van der Waals surface area contributed by atoms with Gasteiger partial charge in [0.25, 0.3) is 0 Å². The molecule has 0 atom stereocenters. The third kappa shape index (κ3) is 3.67. The van der Waals surface area contributed by atoms with Gasteiger partial charge >= 0.3 is 0 Å². The molecule has 1 aliphatic rings. The number of para-hydroxylation sites is 3. The molecule has 222 valence electrons. The highest BCUT2D eigenvalue weighted by atomic mass is 15.0. The molecule has 0 fully saturated rings. The van der Waals surface area contributed by atoms with Crippen molar-refractivity contribution in [3.63, 3.8) is 0 Å². The van der Waals surface area contributed by atoms with Gasteiger partial charge in [0.15, 0.2) is 0 Å². The van der Waals surface area contributed by atoms with Gasteiger partial charge in [-0.15, -0.1) is 0 Å². The first-order valence-corrected chi connectivity index (χ1v) is 16.4. The zero-order valence-corrected chi connectivity index (χ0v) is 26.4. The molecule has 2 aromatic heterocycles. The van der Waals surface area contributed by atoms with E-state index in [9.17, 15) is 0 Å². The van der Waals surface area contributed by atoms with Crippen LogP contribution in [0.25, 0.3) is 77.2 Å². The summed E-state index contributed by atoms with van der Waals surface area (Å²) in [6, 6.07) is 58.1. The van der Waals surface area contributed by atoms with Crippen molar-refractivity contribution in [2.24, 2.45) is 0 Å². The summed E-state index contributed by atoms with van der Waals surface area (Å²) in [6.45, 7) is 4.70. The summed E-state index contributed by atoms with van der Waals surface area (Å²) in [5, 5.41) is 5.08. The van der Waals surface area contributed by atoms with Crippen molar-refractivity contribution in [2.45, 2.75) is 19.3 Å². The van der Waals surface area contributed by atoms with Crippen LogP contribution in [0.1, 0.15) is 25.0 Å². The van der Waals surface area contributed by atoms with E-state index in [1.165, 1.54) is 77.0 Å². The molecular formula is C45H32N2. The third-order valence-corrected chi connectivity index (χ3v) is 10.5. The van der Waals surface area contributed by atoms with E-state index in [-0.39, 0.29) is 5.41 Å². The Morgan fingerprint density at radius 1 is 0.362 bits per heavy atom. The molecule has 0 spiro atoms. The first kappa shape index (κ1) is 26.4. The lowest BCUT2D eigenvalue weighted by Crippen LogP contribution is -2.14. The van der Waals surface area contributed by atoms with Crippen LogP contribution in [-0.2, 0) is 5.41 Å². The molecule has 0 saturated heterocycles. The molecule has 10 rings (SSSR count). The summed E-state index contributed by atoms with van der Waals surface area (Å²) >= 11 is 0. The maximum absolute atomic E-state index is 2.42. The number of benzene rings is 7. The summed E-state index contributed by atoms with van der Waals surface area (Å²) < 4.78 is 4.83. The third-order valence-electron chi connectivity index (χ3n) is 10.5. The molecule has 9 aromatic rings. The lowest BCUT2D eigenvalue weighted by atomic mass is 9.81. The van der Waals surface area contributed by atoms with Gasteiger partial charge < -0.3 is 9.13 Å². The van der Waals surface area contributed by atoms with Crippen LogP contribution < -0.4 is 0 Å². The van der Waals surface area contributed by atoms with Crippen LogP contribution in [0.2, 0.25) is 0 Å². The predicted octanol–water partition coefficient (Wildman–Crippen LogP) is 11.9. The van der Waals surface area contributed by atoms with Crippen molar-refractivity contribution in [3.8, 4) is 33.6 Å². The van der Waals surface area contributed by atoms with Crippen molar-refractivity contribution in [1.29, 1.82) is 0 Å². The van der Waals surface area contributed by atoms with E-state index >= 15 is 0 Å². The van der Waals surface area contributed by atoms with Gasteiger partial charge in [0.05, 0.1) is 22.1 Å². The van der Waals surface area contributed by atoms with Crippen molar-refractivity contribution in [3.05, 3.63) is 169 Å². The second kappa shape index (κ2) is 9.57. The van der Waals surface area contributed by atoms with E-state index in [1.807, 2.05) is 0 Å². The van der Waals surface area contributed by atoms with Gasteiger partial charge in [0, 0.05) is 38.3 Å². The maximum Gasteiger partial charge on any atom is 0.0561 e. The fourth-order valence-electron chi connectivity index (χ4n) is 8.26. The zero-order valence-electron chi connectivity index (χ0n) is 26.4. The quantitative estimate of drug-likeness (QED) is 0.191. The van der Waals surface area contributed by atoms with Gasteiger partial charge in [0.1, 0.15) is 0 Å². The highest BCUT2D eigenvalue weighted by Crippen LogP contribution is 2.49. The minimum Gasteiger partial charge on any atom is -0.309 e. The summed E-state index contributed by atoms with van der Waals surface area (Å²) in [5.74, 6) is 0. The van der Waals surface area contributed by atoms with Crippen molar-refractivity contribution < 1.29 is 0 Å². The van der Waals surface area contributed by atoms with Crippen molar-refractivity contribution in [2.75, 3.05) is 0 Å². The first-order chi connectivity index (χ1) is 23.1. The van der Waals surface area contributed by atoms with E-state index in [2.05, 4.69) is 181 Å². The molecule has 0 amide bonds. The Bertz CT molecular complexity index is 2650. The second-order valence-corrected chi connectivity index (χ2v) is 13.4. The summed E-state index contributed by atoms with van der Waals surface area (Å²) in [5.41, 5.74) is 15.2. The van der Waals surface area contributed by atoms with Crippen LogP contribution in [0.3, 0.4) is 0 Å². The fraction of sp³-hybridized carbons (Fsp3) is 0.0667. The van der Waals surface area contributed by atoms with Crippen LogP contribution in [0.4, 0.5) is 0 Å². The molecule has 2 heteroatoms. The second-order valence-electron chi connectivity index (χ2n) is 13.4. The highest BCUT2D eigenvalue weighted by molar-refractivity contribution is 6.12. The molecule has 0 aliphatic heterocycles. The molecule has 0 saturated carbocycles. The minimum atomic E-state index is -0.0150. The van der Waals surface area contributed by atoms with E-state index in [0.29, 0.717) is 0 Å². The van der Waals surface area contributed by atoms with Gasteiger partial charge in [-0.05, 0) is 81.9 Å². The van der Waals surface area contributed by atoms with Crippen molar-refractivity contribution >= 4 is 43.6 Å². The summed E-state index contributed by atoms with van der Waals surface area (Å²) in [7, 11) is 0. The van der Waals surface area contributed by atoms with E-state index in [0.717, 1.165) is 11.4 Å². The van der Waals surface area contributed by atoms with E-state index in [4.69, 9.17) is 0 Å². The standard InChI is InChI=1S/C45H32N2/c1-45(2)39-15-7-3-11-33(39)34-25-21-30(27-40(34)45)29-19-22-31(23-20-29)46-41-16-8-6-14-37(41)38-26-24-32(28-44(38)46)47-42-17-9-4-12-35(42)36-13-5-10-18-43(36)47/h3-28H,1-2H3. The molecule has 47 heavy (non-hydrogen) atoms. The Morgan fingerprint density at radius 2 is 0.851 bits per heavy atom. The number of aromatic nitrogens is 2. The highest BCUT2D eigenvalue weighted by Gasteiger charge is 2.35. The Labute approximate surface area is 273 Å². The van der Waals surface area contributed by atoms with Gasteiger partial charge in [-0.1, -0.05) is 123 Å². The largest absolute Gasteiger partial charge is 0.309 e. The molecule has 0 bridgehead atoms. The van der Waals surface area contributed by atoms with Gasteiger partial charge in [-0.2, -0.15) is 0 Å². The molecule has 7 aromatic carbocycles. The van der Waals surface area contributed by atoms with E-state index in [1.54, 1.807) is 0 Å². The normalized spacial score (nSPS) is 13.5. The van der Waals surface area contributed by atoms with Crippen molar-refractivity contribution in [1.82, 2.24) is 9.13 Å². The summed E-state index contributed by atoms with van der Waals surface area (Å²) in [6.07, 6.45) is 0. The Morgan fingerprint density at radius 3 is 1.51 bits per heavy atom. The number of hydrogen-bond acceptors (Lipinski definition) is 0. The molecule has 0 radical (unpaired) electrons. The van der Waals surface area contributed by atoms with Crippen LogP contribution in [0.15, 0.2) is 158 Å². The summed E-state index contributed by atoms with van der Waals surface area (Å²) in [4.78, 5) is 0. The van der Waals surface area contributed by atoms with Gasteiger partial charge in [-0.25, -0.2) is 0 Å². The Hall–Kier alpha value is -5.86. The number of hydrogen-bond donors (Lipinski definition) is 0. The number of nitrogens with zero attached hydrogens (tertiary/aromatic N) is 2. The lowest BCUT2D eigenvalue weighted by molar-refractivity contribution is 0.660. The van der Waals surface area contributed by atoms with Gasteiger partial charge in [-0.3, -0.25) is 0 Å². The smallest absolute Gasteiger partial charge is 0.0561 e. The Kier molecular flexibility index (Phi) is 5.37. The topological polar surface area (TPSA) is 9.86 Å². The number of fused-ring (bicyclic) bond motifs is 9. The Balaban J connectivity index is 1.13. The molecule has 0 unspecified atom stereocenters. The lowest BCUT2D eigenvalue weighted by Gasteiger charge is -2.22. The monoisotopic (exact) mass is 600 g/mol. The average Bonchev–Trinajstić information content (AvgIpc) is 3.71. The van der Waals surface area contributed by atoms with Crippen LogP contribution in [0, 0.1) is 0 Å². The maximum atomic E-state index is 2.42. The fourth-order valence-corrected chi connectivity index (χ4v) is 8.26. The van der Waals surface area contributed by atoms with Gasteiger partial charge in [0.2, 0.25) is 0 Å². The average molecular weight is 601 g/mol. The first-order valence-electron chi connectivity index (χ1n) is 16.4. The number of rotatable bonds is 3. The molecule has 2 heterocycles. The van der Waals surface area contributed by atoms with Crippen LogP contribution in [0.5, 0.6) is 0 Å². The van der Waals surface area contributed by atoms with Crippen LogP contribution in [-0.4, -0.2) is 9.13 Å². The molecular weight excluding hydrogens is 569 g/mol. The zero-order chi connectivity index (χ0) is 31.3. The minimum absolute atomic E-state index is 0.0150. The molecule has 2 nitrogen and oxygen atoms in total. The molecule has 0 N–H and O–H groups in total. The SMILES string of the molecule is CC1(C)c2ccccc2-c2ccc(-c3ccc(-n4c5ccccc5c5ccc(-n6c7ccccc7c7ccccc76)cc54)cc3)cc21.